The van der Waals surface area contributed by atoms with Crippen molar-refractivity contribution in [1.82, 2.24) is 4.90 Å². The quantitative estimate of drug-likeness (QED) is 0.753. The molecule has 2 heteroatoms. The van der Waals surface area contributed by atoms with Gasteiger partial charge in [-0.25, -0.2) is 0 Å². The molecule has 1 saturated heterocycles. The molecule has 2 aliphatic heterocycles. The van der Waals surface area contributed by atoms with Gasteiger partial charge in [0.05, 0.1) is 12.2 Å². The van der Waals surface area contributed by atoms with E-state index in [1.54, 1.807) is 0 Å². The third-order valence-corrected chi connectivity index (χ3v) is 5.64. The fourth-order valence-electron chi connectivity index (χ4n) is 4.40. The van der Waals surface area contributed by atoms with Crippen LogP contribution in [0.5, 0.6) is 0 Å². The maximum atomic E-state index is 2.64. The molecule has 0 amide bonds. The van der Waals surface area contributed by atoms with E-state index in [1.807, 2.05) is 0 Å². The van der Waals surface area contributed by atoms with Gasteiger partial charge in [-0.1, -0.05) is 42.5 Å². The number of para-hydroxylation sites is 1. The van der Waals surface area contributed by atoms with E-state index in [9.17, 15) is 0 Å². The van der Waals surface area contributed by atoms with Crippen LogP contribution in [0.25, 0.3) is 0 Å². The molecule has 0 saturated carbocycles. The SMILES string of the molecule is Cc1ccccc1N1C2CCC(c3ccccc32)N(C)C1C. The molecule has 0 spiro atoms. The average molecular weight is 292 g/mol. The summed E-state index contributed by atoms with van der Waals surface area (Å²) in [6, 6.07) is 18.9. The van der Waals surface area contributed by atoms with E-state index in [4.69, 9.17) is 0 Å². The molecule has 0 radical (unpaired) electrons. The Hall–Kier alpha value is -1.80. The second kappa shape index (κ2) is 5.13. The molecule has 22 heavy (non-hydrogen) atoms. The average Bonchev–Trinajstić information content (AvgIpc) is 2.72. The third-order valence-electron chi connectivity index (χ3n) is 5.64. The Morgan fingerprint density at radius 2 is 1.45 bits per heavy atom. The first-order valence-electron chi connectivity index (χ1n) is 8.33. The van der Waals surface area contributed by atoms with Gasteiger partial charge in [-0.05, 0) is 56.5 Å². The maximum absolute atomic E-state index is 2.64. The summed E-state index contributed by atoms with van der Waals surface area (Å²) in [5.41, 5.74) is 5.80. The Morgan fingerprint density at radius 3 is 2.18 bits per heavy atom. The van der Waals surface area contributed by atoms with E-state index in [0.29, 0.717) is 18.2 Å². The zero-order valence-electron chi connectivity index (χ0n) is 13.7. The van der Waals surface area contributed by atoms with Gasteiger partial charge < -0.3 is 4.90 Å². The van der Waals surface area contributed by atoms with Crippen molar-refractivity contribution in [2.24, 2.45) is 0 Å². The Bertz CT molecular complexity index is 694. The minimum Gasteiger partial charge on any atom is -0.349 e. The van der Waals surface area contributed by atoms with Crippen molar-refractivity contribution in [3.05, 3.63) is 65.2 Å². The monoisotopic (exact) mass is 292 g/mol. The smallest absolute Gasteiger partial charge is 0.0801 e. The van der Waals surface area contributed by atoms with Crippen LogP contribution in [0.4, 0.5) is 5.69 Å². The fourth-order valence-corrected chi connectivity index (χ4v) is 4.40. The summed E-state index contributed by atoms with van der Waals surface area (Å²) < 4.78 is 0. The molecule has 2 heterocycles. The molecule has 5 rings (SSSR count). The lowest BCUT2D eigenvalue weighted by Gasteiger charge is -2.39. The highest BCUT2D eigenvalue weighted by Crippen LogP contribution is 2.48. The number of hydrogen-bond acceptors (Lipinski definition) is 2. The summed E-state index contributed by atoms with van der Waals surface area (Å²) in [4.78, 5) is 5.19. The van der Waals surface area contributed by atoms with Crippen LogP contribution in [-0.2, 0) is 0 Å². The van der Waals surface area contributed by atoms with E-state index in [-0.39, 0.29) is 0 Å². The molecular weight excluding hydrogens is 268 g/mol. The fraction of sp³-hybridized carbons (Fsp3) is 0.400. The van der Waals surface area contributed by atoms with Gasteiger partial charge in [-0.2, -0.15) is 0 Å². The molecule has 3 aliphatic rings. The minimum atomic E-state index is 0.408. The molecule has 1 fully saturated rings. The highest BCUT2D eigenvalue weighted by Gasteiger charge is 2.41. The molecule has 2 bridgehead atoms. The second-order valence-electron chi connectivity index (χ2n) is 6.73. The van der Waals surface area contributed by atoms with Gasteiger partial charge in [0.25, 0.3) is 0 Å². The van der Waals surface area contributed by atoms with Crippen molar-refractivity contribution < 1.29 is 0 Å². The highest BCUT2D eigenvalue weighted by atomic mass is 15.4. The predicted octanol–water partition coefficient (Wildman–Crippen LogP) is 4.67. The summed E-state index contributed by atoms with van der Waals surface area (Å²) in [5.74, 6) is 0. The largest absolute Gasteiger partial charge is 0.349 e. The summed E-state index contributed by atoms with van der Waals surface area (Å²) in [5, 5.41) is 0. The van der Waals surface area contributed by atoms with Crippen LogP contribution in [0.3, 0.4) is 0 Å². The van der Waals surface area contributed by atoms with Crippen molar-refractivity contribution in [2.75, 3.05) is 11.9 Å². The number of aryl methyl sites for hydroxylation is 1. The van der Waals surface area contributed by atoms with E-state index in [1.165, 1.54) is 35.2 Å². The Morgan fingerprint density at radius 1 is 0.864 bits per heavy atom. The van der Waals surface area contributed by atoms with Gasteiger partial charge in [0.2, 0.25) is 0 Å². The summed E-state index contributed by atoms with van der Waals surface area (Å²) in [7, 11) is 2.28. The Kier molecular flexibility index (Phi) is 3.23. The molecule has 2 aromatic rings. The van der Waals surface area contributed by atoms with Crippen LogP contribution in [0, 0.1) is 6.92 Å². The van der Waals surface area contributed by atoms with Gasteiger partial charge in [-0.15, -0.1) is 0 Å². The number of anilines is 1. The number of rotatable bonds is 1. The number of fused-ring (bicyclic) bond motifs is 3. The van der Waals surface area contributed by atoms with Crippen molar-refractivity contribution in [3.63, 3.8) is 0 Å². The van der Waals surface area contributed by atoms with Crippen LogP contribution < -0.4 is 4.90 Å². The summed E-state index contributed by atoms with van der Waals surface area (Å²) in [6.07, 6.45) is 2.90. The molecule has 0 N–H and O–H groups in total. The topological polar surface area (TPSA) is 6.48 Å². The van der Waals surface area contributed by atoms with Crippen molar-refractivity contribution in [2.45, 2.75) is 44.9 Å². The van der Waals surface area contributed by atoms with Crippen LogP contribution in [-0.4, -0.2) is 18.1 Å². The maximum Gasteiger partial charge on any atom is 0.0801 e. The van der Waals surface area contributed by atoms with Gasteiger partial charge in [0, 0.05) is 11.7 Å². The highest BCUT2D eigenvalue weighted by molar-refractivity contribution is 5.57. The molecule has 1 aliphatic carbocycles. The van der Waals surface area contributed by atoms with Crippen LogP contribution in [0.2, 0.25) is 0 Å². The van der Waals surface area contributed by atoms with Gasteiger partial charge >= 0.3 is 0 Å². The lowest BCUT2D eigenvalue weighted by atomic mass is 9.84. The Balaban J connectivity index is 1.91. The molecule has 0 aromatic heterocycles. The first-order valence-corrected chi connectivity index (χ1v) is 8.33. The Labute approximate surface area is 133 Å². The van der Waals surface area contributed by atoms with Crippen molar-refractivity contribution >= 4 is 5.69 Å². The summed E-state index contributed by atoms with van der Waals surface area (Å²) >= 11 is 0. The molecule has 114 valence electrons. The van der Waals surface area contributed by atoms with Gasteiger partial charge in [-0.3, -0.25) is 4.90 Å². The molecular formula is C20H24N2. The minimum absolute atomic E-state index is 0.408. The number of benzene rings is 2. The normalized spacial score (nSPS) is 27.6. The number of hydrogen-bond donors (Lipinski definition) is 0. The molecule has 3 unspecified atom stereocenters. The van der Waals surface area contributed by atoms with Crippen LogP contribution >= 0.6 is 0 Å². The van der Waals surface area contributed by atoms with Crippen molar-refractivity contribution in [1.29, 1.82) is 0 Å². The first-order chi connectivity index (χ1) is 10.7. The lowest BCUT2D eigenvalue weighted by Crippen LogP contribution is -2.43. The standard InChI is InChI=1S/C20H24N2/c1-14-8-4-7-11-18(14)22-15(2)21(3)19-12-13-20(22)17-10-6-5-9-16(17)19/h4-11,15,19-20H,12-13H2,1-3H3. The lowest BCUT2D eigenvalue weighted by molar-refractivity contribution is 0.191. The van der Waals surface area contributed by atoms with Crippen LogP contribution in [0.1, 0.15) is 48.5 Å². The molecule has 3 atom stereocenters. The van der Waals surface area contributed by atoms with E-state index < -0.39 is 0 Å². The zero-order chi connectivity index (χ0) is 15.3. The molecule has 2 aromatic carbocycles. The summed E-state index contributed by atoms with van der Waals surface area (Å²) in [6.45, 7) is 4.58. The number of nitrogens with zero attached hydrogens (tertiary/aromatic N) is 2. The first kappa shape index (κ1) is 13.8. The van der Waals surface area contributed by atoms with E-state index in [0.717, 1.165) is 0 Å². The predicted molar refractivity (Wildman–Crippen MR) is 92.0 cm³/mol. The molecule has 2 nitrogen and oxygen atoms in total. The van der Waals surface area contributed by atoms with E-state index in [2.05, 4.69) is 79.2 Å². The van der Waals surface area contributed by atoms with Gasteiger partial charge in [0.15, 0.2) is 0 Å². The van der Waals surface area contributed by atoms with Gasteiger partial charge in [0.1, 0.15) is 0 Å². The third kappa shape index (κ3) is 1.90. The van der Waals surface area contributed by atoms with E-state index >= 15 is 0 Å². The van der Waals surface area contributed by atoms with Crippen LogP contribution in [0.15, 0.2) is 48.5 Å². The zero-order valence-corrected chi connectivity index (χ0v) is 13.7. The van der Waals surface area contributed by atoms with Crippen molar-refractivity contribution in [3.8, 4) is 0 Å². The second-order valence-corrected chi connectivity index (χ2v) is 6.73.